The summed E-state index contributed by atoms with van der Waals surface area (Å²) in [6.07, 6.45) is -9.75. The maximum atomic E-state index is 13.2. The topological polar surface area (TPSA) is 96.7 Å². The van der Waals surface area contributed by atoms with Crippen LogP contribution in [0.25, 0.3) is 17.1 Å². The van der Waals surface area contributed by atoms with Crippen molar-refractivity contribution in [1.82, 2.24) is 25.6 Å². The fraction of sp³-hybridized carbons (Fsp3) is 0.267. The Balaban J connectivity index is 1.17. The summed E-state index contributed by atoms with van der Waals surface area (Å²) >= 11 is 7.80. The first-order valence-corrected chi connectivity index (χ1v) is 15.1. The van der Waals surface area contributed by atoms with Crippen LogP contribution in [-0.2, 0) is 4.79 Å². The molecule has 5 rings (SSSR count). The standard InChI is InChI=1S/C30H27ClF5N7O2S/c1-17-4-13-24(31)26(18(17)2)43-25(44)14-46-28(43)37-15-39-40-19(3)20-5-7-21(8-6-20)27-38-16-42(41-27)22-9-11-23(12-10-22)45-30(35,36)29(32,33)34/h4-13,16,19,39-40H,14-15H2,1-3H3. The van der Waals surface area contributed by atoms with Gasteiger partial charge in [-0.3, -0.25) is 9.69 Å². The molecule has 2 N–H and O–H groups in total. The van der Waals surface area contributed by atoms with Gasteiger partial charge in [-0.05, 0) is 67.8 Å². The maximum Gasteiger partial charge on any atom is 0.499 e. The molecule has 1 atom stereocenters. The molecule has 4 aromatic rings. The van der Waals surface area contributed by atoms with E-state index in [1.165, 1.54) is 34.9 Å². The van der Waals surface area contributed by atoms with E-state index < -0.39 is 18.0 Å². The summed E-state index contributed by atoms with van der Waals surface area (Å²) in [5.74, 6) is -0.0784. The molecule has 1 amide bonds. The second kappa shape index (κ2) is 13.4. The van der Waals surface area contributed by atoms with Crippen LogP contribution >= 0.6 is 23.4 Å². The number of halogens is 6. The summed E-state index contributed by atoms with van der Waals surface area (Å²) in [5.41, 5.74) is 10.9. The number of benzene rings is 3. The molecule has 0 bridgehead atoms. The predicted molar refractivity (Wildman–Crippen MR) is 166 cm³/mol. The van der Waals surface area contributed by atoms with Crippen molar-refractivity contribution < 1.29 is 31.5 Å². The van der Waals surface area contributed by atoms with Crippen LogP contribution in [0, 0.1) is 13.8 Å². The molecule has 2 heterocycles. The normalized spacial score (nSPS) is 15.5. The van der Waals surface area contributed by atoms with E-state index in [-0.39, 0.29) is 24.4 Å². The van der Waals surface area contributed by atoms with E-state index >= 15 is 0 Å². The van der Waals surface area contributed by atoms with E-state index in [2.05, 4.69) is 30.7 Å². The monoisotopic (exact) mass is 679 g/mol. The lowest BCUT2D eigenvalue weighted by Gasteiger charge is -2.21. The third-order valence-electron chi connectivity index (χ3n) is 7.09. The third-order valence-corrected chi connectivity index (χ3v) is 8.36. The zero-order valence-corrected chi connectivity index (χ0v) is 26.1. The lowest BCUT2D eigenvalue weighted by atomic mass is 10.1. The van der Waals surface area contributed by atoms with E-state index in [1.807, 2.05) is 51.1 Å². The Kier molecular flexibility index (Phi) is 9.67. The van der Waals surface area contributed by atoms with E-state index in [0.29, 0.717) is 33.0 Å². The van der Waals surface area contributed by atoms with Gasteiger partial charge in [0.2, 0.25) is 5.91 Å². The first-order valence-electron chi connectivity index (χ1n) is 13.8. The van der Waals surface area contributed by atoms with Gasteiger partial charge in [-0.15, -0.1) is 5.10 Å². The number of hydrogen-bond donors (Lipinski definition) is 2. The van der Waals surface area contributed by atoms with Crippen molar-refractivity contribution in [2.24, 2.45) is 4.99 Å². The number of aryl methyl sites for hydroxylation is 1. The zero-order chi connectivity index (χ0) is 33.2. The van der Waals surface area contributed by atoms with Crippen LogP contribution in [0.15, 0.2) is 72.0 Å². The number of rotatable bonds is 10. The number of carbonyl (C=O) groups is 1. The Bertz CT molecular complexity index is 1750. The summed E-state index contributed by atoms with van der Waals surface area (Å²) in [6, 6.07) is 15.6. The molecular formula is C30H27ClF5N7O2S. The molecule has 0 spiro atoms. The van der Waals surface area contributed by atoms with Crippen molar-refractivity contribution in [3.63, 3.8) is 0 Å². The number of ether oxygens (including phenoxy) is 1. The van der Waals surface area contributed by atoms with Crippen molar-refractivity contribution in [2.75, 3.05) is 17.3 Å². The molecule has 1 aliphatic heterocycles. The maximum absolute atomic E-state index is 13.2. The first-order chi connectivity index (χ1) is 21.7. The van der Waals surface area contributed by atoms with Gasteiger partial charge in [0.05, 0.1) is 22.2 Å². The van der Waals surface area contributed by atoms with Gasteiger partial charge in [0.25, 0.3) is 0 Å². The van der Waals surface area contributed by atoms with Crippen LogP contribution in [-0.4, -0.2) is 50.5 Å². The Morgan fingerprint density at radius 3 is 2.41 bits per heavy atom. The average Bonchev–Trinajstić information content (AvgIpc) is 3.65. The summed E-state index contributed by atoms with van der Waals surface area (Å²) in [4.78, 5) is 23.1. The fourth-order valence-corrected chi connectivity index (χ4v) is 5.59. The van der Waals surface area contributed by atoms with Gasteiger partial charge in [0.1, 0.15) is 18.7 Å². The molecule has 1 aromatic heterocycles. The number of hydrazine groups is 1. The smallest absolute Gasteiger partial charge is 0.426 e. The van der Waals surface area contributed by atoms with Gasteiger partial charge >= 0.3 is 12.3 Å². The van der Waals surface area contributed by atoms with Crippen LogP contribution in [0.1, 0.15) is 29.7 Å². The molecule has 0 aliphatic carbocycles. The number of nitrogens with zero attached hydrogens (tertiary/aromatic N) is 5. The number of aromatic nitrogens is 3. The van der Waals surface area contributed by atoms with Crippen LogP contribution in [0.2, 0.25) is 5.02 Å². The number of alkyl halides is 5. The number of carbonyl (C=O) groups excluding carboxylic acids is 1. The highest BCUT2D eigenvalue weighted by atomic mass is 35.5. The first kappa shape index (κ1) is 33.3. The minimum atomic E-state index is -5.84. The number of aliphatic imine (C=N–C) groups is 1. The van der Waals surface area contributed by atoms with Gasteiger partial charge < -0.3 is 4.74 Å². The molecule has 0 saturated carbocycles. The summed E-state index contributed by atoms with van der Waals surface area (Å²) in [7, 11) is 0. The second-order valence-corrected chi connectivity index (χ2v) is 11.6. The highest BCUT2D eigenvalue weighted by Crippen LogP contribution is 2.38. The Morgan fingerprint density at radius 1 is 1.04 bits per heavy atom. The third kappa shape index (κ3) is 7.17. The molecule has 16 heteroatoms. The minimum Gasteiger partial charge on any atom is -0.426 e. The number of nitrogens with one attached hydrogen (secondary N) is 2. The van der Waals surface area contributed by atoms with Crippen LogP contribution in [0.5, 0.6) is 5.75 Å². The zero-order valence-electron chi connectivity index (χ0n) is 24.6. The highest BCUT2D eigenvalue weighted by Gasteiger charge is 2.61. The molecular weight excluding hydrogens is 653 g/mol. The summed E-state index contributed by atoms with van der Waals surface area (Å²) < 4.78 is 68.7. The SMILES string of the molecule is Cc1ccc(Cl)c(N2C(=O)CSC2=NCNNC(C)c2ccc(-c3ncn(-c4ccc(OC(F)(F)C(F)(F)F)cc4)n3)cc2)c1C. The quantitative estimate of drug-likeness (QED) is 0.106. The molecule has 9 nitrogen and oxygen atoms in total. The number of amides is 1. The van der Waals surface area contributed by atoms with Gasteiger partial charge in [-0.25, -0.2) is 25.5 Å². The van der Waals surface area contributed by atoms with Crippen LogP contribution < -0.4 is 20.5 Å². The lowest BCUT2D eigenvalue weighted by Crippen LogP contribution is -2.41. The van der Waals surface area contributed by atoms with E-state index in [1.54, 1.807) is 11.0 Å². The second-order valence-electron chi connectivity index (χ2n) is 10.2. The lowest BCUT2D eigenvalue weighted by molar-refractivity contribution is -0.360. The Labute approximate surface area is 269 Å². The molecule has 242 valence electrons. The predicted octanol–water partition coefficient (Wildman–Crippen LogP) is 6.99. The minimum absolute atomic E-state index is 0.0835. The van der Waals surface area contributed by atoms with Crippen molar-refractivity contribution in [2.45, 2.75) is 39.1 Å². The number of hydrogen-bond acceptors (Lipinski definition) is 8. The van der Waals surface area contributed by atoms with Crippen LogP contribution in [0.3, 0.4) is 0 Å². The fourth-order valence-electron chi connectivity index (χ4n) is 4.44. The number of thioether (sulfide) groups is 1. The Morgan fingerprint density at radius 2 is 1.74 bits per heavy atom. The molecule has 1 saturated heterocycles. The van der Waals surface area contributed by atoms with E-state index in [0.717, 1.165) is 28.8 Å². The van der Waals surface area contributed by atoms with Crippen molar-refractivity contribution >= 4 is 40.1 Å². The Hall–Kier alpha value is -4.05. The van der Waals surface area contributed by atoms with Crippen molar-refractivity contribution in [3.8, 4) is 22.8 Å². The molecule has 1 aliphatic rings. The molecule has 46 heavy (non-hydrogen) atoms. The van der Waals surface area contributed by atoms with Gasteiger partial charge in [0.15, 0.2) is 11.0 Å². The molecule has 3 aromatic carbocycles. The van der Waals surface area contributed by atoms with Crippen LogP contribution in [0.4, 0.5) is 27.6 Å². The van der Waals surface area contributed by atoms with Gasteiger partial charge in [-0.1, -0.05) is 53.7 Å². The molecule has 1 fully saturated rings. The highest BCUT2D eigenvalue weighted by molar-refractivity contribution is 8.15. The van der Waals surface area contributed by atoms with Gasteiger partial charge in [0, 0.05) is 11.6 Å². The van der Waals surface area contributed by atoms with Crippen molar-refractivity contribution in [1.29, 1.82) is 0 Å². The summed E-state index contributed by atoms with van der Waals surface area (Å²) in [6.45, 7) is 6.05. The molecule has 1 unspecified atom stereocenters. The van der Waals surface area contributed by atoms with E-state index in [9.17, 15) is 26.7 Å². The van der Waals surface area contributed by atoms with E-state index in [4.69, 9.17) is 11.6 Å². The number of anilines is 1. The summed E-state index contributed by atoms with van der Waals surface area (Å²) in [5, 5.41) is 5.42. The average molecular weight is 680 g/mol. The largest absolute Gasteiger partial charge is 0.499 e. The van der Waals surface area contributed by atoms with Crippen molar-refractivity contribution in [3.05, 3.63) is 88.7 Å². The number of amidine groups is 1. The molecule has 0 radical (unpaired) electrons. The van der Waals surface area contributed by atoms with Gasteiger partial charge in [-0.2, -0.15) is 22.0 Å².